The van der Waals surface area contributed by atoms with Crippen LogP contribution in [0.15, 0.2) is 170 Å². The number of hydrogen-bond acceptors (Lipinski definition) is 2. The molecule has 0 unspecified atom stereocenters. The number of para-hydroxylation sites is 2. The number of nitrogens with zero attached hydrogens (tertiary/aromatic N) is 2. The molecule has 0 N–H and O–H groups in total. The molecule has 8 rings (SSSR count). The fraction of sp³-hybridized carbons (Fsp3) is 0. The van der Waals surface area contributed by atoms with Gasteiger partial charge in [0.05, 0.1) is 0 Å². The SMILES string of the molecule is c1ccc(-c2nc3ccccc3c(-c3ccccc3)c2[Se][Se]c2c(-c3ccccc3)nc3ccccc3c2-c2ccccc2)cc1. The van der Waals surface area contributed by atoms with E-state index in [1.54, 1.807) is 0 Å². The van der Waals surface area contributed by atoms with Gasteiger partial charge in [-0.05, 0) is 0 Å². The minimum absolute atomic E-state index is 0.0670. The summed E-state index contributed by atoms with van der Waals surface area (Å²) in [5.41, 5.74) is 11.6. The number of pyridine rings is 2. The van der Waals surface area contributed by atoms with Gasteiger partial charge in [0.2, 0.25) is 0 Å². The van der Waals surface area contributed by atoms with Gasteiger partial charge in [-0.1, -0.05) is 0 Å². The van der Waals surface area contributed by atoms with Crippen LogP contribution in [0, 0.1) is 0 Å². The van der Waals surface area contributed by atoms with E-state index in [1.165, 1.54) is 41.9 Å². The van der Waals surface area contributed by atoms with Crippen molar-refractivity contribution in [2.24, 2.45) is 0 Å². The van der Waals surface area contributed by atoms with E-state index in [-0.39, 0.29) is 26.3 Å². The molecule has 218 valence electrons. The van der Waals surface area contributed by atoms with Crippen LogP contribution < -0.4 is 8.92 Å². The molecular weight excluding hydrogens is 690 g/mol. The van der Waals surface area contributed by atoms with E-state index < -0.39 is 0 Å². The molecule has 0 aliphatic rings. The number of benzene rings is 6. The Bertz CT molecular complexity index is 2120. The molecule has 2 heterocycles. The van der Waals surface area contributed by atoms with Gasteiger partial charge < -0.3 is 0 Å². The third-order valence-corrected chi connectivity index (χ3v) is 15.2. The second-order valence-electron chi connectivity index (χ2n) is 11.0. The van der Waals surface area contributed by atoms with Crippen molar-refractivity contribution in [1.82, 2.24) is 9.97 Å². The summed E-state index contributed by atoms with van der Waals surface area (Å²) in [6.45, 7) is 0. The van der Waals surface area contributed by atoms with Crippen molar-refractivity contribution in [3.63, 3.8) is 0 Å². The zero-order valence-electron chi connectivity index (χ0n) is 24.9. The molecule has 0 aliphatic heterocycles. The topological polar surface area (TPSA) is 25.8 Å². The van der Waals surface area contributed by atoms with Gasteiger partial charge in [0.1, 0.15) is 0 Å². The maximum absolute atomic E-state index is 5.36. The van der Waals surface area contributed by atoms with Crippen LogP contribution in [0.2, 0.25) is 0 Å². The molecular formula is C42H28N2Se2. The number of fused-ring (bicyclic) bond motifs is 2. The number of rotatable bonds is 7. The Morgan fingerprint density at radius 1 is 0.304 bits per heavy atom. The van der Waals surface area contributed by atoms with E-state index >= 15 is 0 Å². The molecule has 0 fully saturated rings. The maximum atomic E-state index is 5.36. The van der Waals surface area contributed by atoms with Crippen LogP contribution in [-0.4, -0.2) is 36.2 Å². The van der Waals surface area contributed by atoms with E-state index in [0.717, 1.165) is 33.5 Å². The van der Waals surface area contributed by atoms with Crippen LogP contribution in [-0.2, 0) is 0 Å². The first-order valence-electron chi connectivity index (χ1n) is 15.3. The summed E-state index contributed by atoms with van der Waals surface area (Å²) in [5, 5.41) is 2.40. The third-order valence-electron chi connectivity index (χ3n) is 8.12. The summed E-state index contributed by atoms with van der Waals surface area (Å²) in [6.07, 6.45) is 0. The van der Waals surface area contributed by atoms with Gasteiger partial charge in [-0.3, -0.25) is 0 Å². The summed E-state index contributed by atoms with van der Waals surface area (Å²) in [6, 6.07) is 60.3. The second kappa shape index (κ2) is 12.9. The Labute approximate surface area is 280 Å². The molecule has 0 atom stereocenters. The van der Waals surface area contributed by atoms with Gasteiger partial charge >= 0.3 is 282 Å². The fourth-order valence-electron chi connectivity index (χ4n) is 6.00. The molecule has 4 heteroatoms. The van der Waals surface area contributed by atoms with Crippen LogP contribution in [0.1, 0.15) is 0 Å². The monoisotopic (exact) mass is 720 g/mol. The van der Waals surface area contributed by atoms with Crippen LogP contribution in [0.3, 0.4) is 0 Å². The molecule has 0 aliphatic carbocycles. The Kier molecular flexibility index (Phi) is 8.02. The molecule has 0 saturated heterocycles. The Morgan fingerprint density at radius 2 is 0.609 bits per heavy atom. The van der Waals surface area contributed by atoms with Gasteiger partial charge in [-0.25, -0.2) is 0 Å². The number of aromatic nitrogens is 2. The first-order chi connectivity index (χ1) is 22.8. The zero-order valence-corrected chi connectivity index (χ0v) is 28.3. The molecule has 8 aromatic rings. The summed E-state index contributed by atoms with van der Waals surface area (Å²) >= 11 is 0.134. The number of hydrogen-bond donors (Lipinski definition) is 0. The van der Waals surface area contributed by atoms with Crippen molar-refractivity contribution in [1.29, 1.82) is 0 Å². The van der Waals surface area contributed by atoms with Crippen molar-refractivity contribution in [3.05, 3.63) is 170 Å². The summed E-state index contributed by atoms with van der Waals surface area (Å²) in [7, 11) is 0. The van der Waals surface area contributed by atoms with Gasteiger partial charge in [0.15, 0.2) is 0 Å². The van der Waals surface area contributed by atoms with E-state index in [0.29, 0.717) is 0 Å². The molecule has 2 aromatic heterocycles. The van der Waals surface area contributed by atoms with Crippen LogP contribution >= 0.6 is 0 Å². The summed E-state index contributed by atoms with van der Waals surface area (Å²) in [5.74, 6) is 0. The molecule has 2 nitrogen and oxygen atoms in total. The predicted molar refractivity (Wildman–Crippen MR) is 196 cm³/mol. The van der Waals surface area contributed by atoms with Gasteiger partial charge in [-0.2, -0.15) is 0 Å². The predicted octanol–water partition coefficient (Wildman–Crippen LogP) is 8.73. The fourth-order valence-corrected chi connectivity index (χ4v) is 14.0. The van der Waals surface area contributed by atoms with E-state index in [9.17, 15) is 0 Å². The molecule has 0 amide bonds. The quantitative estimate of drug-likeness (QED) is 0.154. The second-order valence-corrected chi connectivity index (χ2v) is 17.0. The van der Waals surface area contributed by atoms with Crippen molar-refractivity contribution >= 4 is 57.0 Å². The van der Waals surface area contributed by atoms with Crippen LogP contribution in [0.4, 0.5) is 0 Å². The molecule has 6 aromatic carbocycles. The van der Waals surface area contributed by atoms with Gasteiger partial charge in [-0.15, -0.1) is 0 Å². The van der Waals surface area contributed by atoms with Crippen LogP contribution in [0.25, 0.3) is 66.6 Å². The summed E-state index contributed by atoms with van der Waals surface area (Å²) < 4.78 is 2.68. The van der Waals surface area contributed by atoms with Crippen LogP contribution in [0.5, 0.6) is 0 Å². The average Bonchev–Trinajstić information content (AvgIpc) is 3.14. The van der Waals surface area contributed by atoms with Crippen molar-refractivity contribution < 1.29 is 0 Å². The molecule has 0 bridgehead atoms. The Morgan fingerprint density at radius 3 is 0.978 bits per heavy atom. The third kappa shape index (κ3) is 5.47. The first kappa shape index (κ1) is 28.6. The Hall–Kier alpha value is -4.82. The standard InChI is InChI=1S/C42H28N2Se2/c1-5-17-29(18-6-1)37-33-25-13-15-27-35(33)43-39(31-21-9-3-10-22-31)41(37)45-46-42-38(30-19-7-2-8-20-30)34-26-14-16-28-36(34)44-40(42)32-23-11-4-12-24-32/h1-28H. The van der Waals surface area contributed by atoms with Crippen molar-refractivity contribution in [3.8, 4) is 44.8 Å². The Balaban J connectivity index is 1.40. The normalized spacial score (nSPS) is 11.2. The van der Waals surface area contributed by atoms with E-state index in [2.05, 4.69) is 170 Å². The molecule has 46 heavy (non-hydrogen) atoms. The minimum atomic E-state index is 0.0670. The zero-order chi connectivity index (χ0) is 30.7. The van der Waals surface area contributed by atoms with E-state index in [4.69, 9.17) is 9.97 Å². The molecule has 0 spiro atoms. The van der Waals surface area contributed by atoms with Crippen molar-refractivity contribution in [2.75, 3.05) is 0 Å². The van der Waals surface area contributed by atoms with Crippen molar-refractivity contribution in [2.45, 2.75) is 0 Å². The first-order valence-corrected chi connectivity index (χ1v) is 21.3. The van der Waals surface area contributed by atoms with E-state index in [1.807, 2.05) is 0 Å². The van der Waals surface area contributed by atoms with Gasteiger partial charge in [0.25, 0.3) is 0 Å². The summed E-state index contributed by atoms with van der Waals surface area (Å²) in [4.78, 5) is 10.7. The molecule has 0 saturated carbocycles. The average molecular weight is 719 g/mol. The van der Waals surface area contributed by atoms with Gasteiger partial charge in [0, 0.05) is 0 Å². The molecule has 0 radical (unpaired) electrons.